The van der Waals surface area contributed by atoms with E-state index in [9.17, 15) is 22.8 Å². The van der Waals surface area contributed by atoms with Gasteiger partial charge in [0.05, 0.1) is 11.6 Å². The van der Waals surface area contributed by atoms with E-state index in [1.807, 2.05) is 0 Å². The quantitative estimate of drug-likeness (QED) is 0.875. The summed E-state index contributed by atoms with van der Waals surface area (Å²) in [5.41, 5.74) is 0.462. The molecule has 2 N–H and O–H groups in total. The highest BCUT2D eigenvalue weighted by Crippen LogP contribution is 2.37. The van der Waals surface area contributed by atoms with Gasteiger partial charge < -0.3 is 10.4 Å². The van der Waals surface area contributed by atoms with Gasteiger partial charge in [0, 0.05) is 24.2 Å². The zero-order valence-corrected chi connectivity index (χ0v) is 13.6. The van der Waals surface area contributed by atoms with Crippen LogP contribution in [0.1, 0.15) is 42.3 Å². The topological polar surface area (TPSA) is 84.2 Å². The number of halogens is 3. The molecule has 2 rings (SSSR count). The van der Waals surface area contributed by atoms with Crippen molar-refractivity contribution < 1.29 is 27.9 Å². The number of alkyl halides is 3. The summed E-state index contributed by atoms with van der Waals surface area (Å²) < 4.78 is 41.8. The molecule has 1 heterocycles. The molecule has 1 amide bonds. The van der Waals surface area contributed by atoms with Crippen LogP contribution in [-0.2, 0) is 16.6 Å². The molecule has 1 aliphatic rings. The molecule has 0 bridgehead atoms. The molecular formula is C15H20F3N3O3. The van der Waals surface area contributed by atoms with E-state index in [4.69, 9.17) is 5.11 Å². The van der Waals surface area contributed by atoms with E-state index in [1.54, 1.807) is 0 Å². The number of amides is 1. The highest BCUT2D eigenvalue weighted by atomic mass is 19.4. The van der Waals surface area contributed by atoms with Crippen molar-refractivity contribution in [3.8, 4) is 0 Å². The molecule has 1 aromatic rings. The van der Waals surface area contributed by atoms with Gasteiger partial charge in [-0.3, -0.25) is 14.3 Å². The fourth-order valence-corrected chi connectivity index (χ4v) is 3.23. The molecule has 0 aromatic carbocycles. The lowest BCUT2D eigenvalue weighted by Gasteiger charge is -2.24. The molecule has 0 saturated heterocycles. The number of aromatic nitrogens is 2. The Labute approximate surface area is 137 Å². The highest BCUT2D eigenvalue weighted by Gasteiger charge is 2.46. The number of carbonyl (C=O) groups is 2. The second-order valence-corrected chi connectivity index (χ2v) is 6.24. The van der Waals surface area contributed by atoms with E-state index in [2.05, 4.69) is 10.4 Å². The van der Waals surface area contributed by atoms with Crippen molar-refractivity contribution >= 4 is 11.9 Å². The van der Waals surface area contributed by atoms with Crippen LogP contribution in [0.15, 0.2) is 0 Å². The fraction of sp³-hybridized carbons (Fsp3) is 0.667. The van der Waals surface area contributed by atoms with Crippen molar-refractivity contribution in [2.24, 2.45) is 18.9 Å². The van der Waals surface area contributed by atoms with Crippen molar-refractivity contribution in [1.82, 2.24) is 15.1 Å². The van der Waals surface area contributed by atoms with Crippen molar-refractivity contribution in [2.75, 3.05) is 0 Å². The van der Waals surface area contributed by atoms with Gasteiger partial charge in [0.15, 0.2) is 6.04 Å². The first kappa shape index (κ1) is 18.3. The minimum Gasteiger partial charge on any atom is -0.481 e. The summed E-state index contributed by atoms with van der Waals surface area (Å²) in [6.45, 7) is 2.97. The monoisotopic (exact) mass is 347 g/mol. The zero-order chi connectivity index (χ0) is 18.2. The molecule has 9 heteroatoms. The summed E-state index contributed by atoms with van der Waals surface area (Å²) in [5.74, 6) is -3.17. The predicted octanol–water partition coefficient (Wildman–Crippen LogP) is 2.26. The standard InChI is InChI=1S/C15H20F3N3O3/c1-7-11(8(2)21(3)20-7)12(15(16,17)18)19-13(22)9-4-5-10(6-9)14(23)24/h9-10,12H,4-6H2,1-3H3,(H,19,22)(H,23,24)/t9-,10+,12?/m1/s1. The van der Waals surface area contributed by atoms with Crippen molar-refractivity contribution in [3.05, 3.63) is 17.0 Å². The molecule has 0 radical (unpaired) electrons. The third kappa shape index (κ3) is 3.54. The van der Waals surface area contributed by atoms with Gasteiger partial charge in [0.25, 0.3) is 0 Å². The average Bonchev–Trinajstić information content (AvgIpc) is 3.02. The number of carboxylic acid groups (broad SMARTS) is 1. The van der Waals surface area contributed by atoms with Crippen LogP contribution in [-0.4, -0.2) is 32.9 Å². The number of nitrogens with one attached hydrogen (secondary N) is 1. The van der Waals surface area contributed by atoms with E-state index in [-0.39, 0.29) is 24.1 Å². The third-order valence-corrected chi connectivity index (χ3v) is 4.62. The van der Waals surface area contributed by atoms with E-state index in [0.29, 0.717) is 12.1 Å². The molecule has 1 aromatic heterocycles. The maximum atomic E-state index is 13.5. The largest absolute Gasteiger partial charge is 0.481 e. The molecule has 1 unspecified atom stereocenters. The van der Waals surface area contributed by atoms with E-state index >= 15 is 0 Å². The smallest absolute Gasteiger partial charge is 0.413 e. The Kier molecular flexibility index (Phi) is 4.91. The van der Waals surface area contributed by atoms with Crippen LogP contribution in [0.3, 0.4) is 0 Å². The Bertz CT molecular complexity index is 654. The minimum absolute atomic E-state index is 0.0638. The average molecular weight is 347 g/mol. The van der Waals surface area contributed by atoms with Crippen molar-refractivity contribution in [1.29, 1.82) is 0 Å². The fourth-order valence-electron chi connectivity index (χ4n) is 3.23. The van der Waals surface area contributed by atoms with Gasteiger partial charge in [-0.2, -0.15) is 18.3 Å². The van der Waals surface area contributed by atoms with Gasteiger partial charge in [-0.05, 0) is 33.1 Å². The number of carbonyl (C=O) groups excluding carboxylic acids is 1. The Morgan fingerprint density at radius 1 is 1.29 bits per heavy atom. The molecular weight excluding hydrogens is 327 g/mol. The number of carboxylic acids is 1. The third-order valence-electron chi connectivity index (χ3n) is 4.62. The molecule has 6 nitrogen and oxygen atoms in total. The van der Waals surface area contributed by atoms with Crippen LogP contribution in [0.2, 0.25) is 0 Å². The minimum atomic E-state index is -4.67. The van der Waals surface area contributed by atoms with Gasteiger partial charge in [-0.25, -0.2) is 0 Å². The molecule has 24 heavy (non-hydrogen) atoms. The number of hydrogen-bond donors (Lipinski definition) is 2. The van der Waals surface area contributed by atoms with Crippen LogP contribution in [0.5, 0.6) is 0 Å². The van der Waals surface area contributed by atoms with Gasteiger partial charge in [0.2, 0.25) is 5.91 Å². The first-order chi connectivity index (χ1) is 11.0. The summed E-state index contributed by atoms with van der Waals surface area (Å²) in [6.07, 6.45) is -4.02. The van der Waals surface area contributed by atoms with Crippen LogP contribution in [0, 0.1) is 25.7 Å². The lowest BCUT2D eigenvalue weighted by atomic mass is 10.0. The summed E-state index contributed by atoms with van der Waals surface area (Å²) in [4.78, 5) is 23.2. The Morgan fingerprint density at radius 3 is 2.29 bits per heavy atom. The van der Waals surface area contributed by atoms with Gasteiger partial charge in [0.1, 0.15) is 0 Å². The normalized spacial score (nSPS) is 22.4. The molecule has 1 fully saturated rings. The van der Waals surface area contributed by atoms with E-state index in [0.717, 1.165) is 0 Å². The summed E-state index contributed by atoms with van der Waals surface area (Å²) in [7, 11) is 1.54. The molecule has 134 valence electrons. The maximum absolute atomic E-state index is 13.5. The number of aryl methyl sites for hydroxylation is 2. The second kappa shape index (κ2) is 6.45. The highest BCUT2D eigenvalue weighted by molar-refractivity contribution is 5.81. The predicted molar refractivity (Wildman–Crippen MR) is 78.1 cm³/mol. The first-order valence-corrected chi connectivity index (χ1v) is 7.62. The molecule has 0 aliphatic heterocycles. The van der Waals surface area contributed by atoms with Crippen LogP contribution in [0.25, 0.3) is 0 Å². The summed E-state index contributed by atoms with van der Waals surface area (Å²) >= 11 is 0. The second-order valence-electron chi connectivity index (χ2n) is 6.24. The number of rotatable bonds is 4. The lowest BCUT2D eigenvalue weighted by molar-refractivity contribution is -0.165. The Balaban J connectivity index is 2.22. The van der Waals surface area contributed by atoms with Gasteiger partial charge in [-0.15, -0.1) is 0 Å². The zero-order valence-electron chi connectivity index (χ0n) is 13.6. The SMILES string of the molecule is Cc1nn(C)c(C)c1C(NC(=O)[C@@H]1CC[C@H](C(=O)O)C1)C(F)(F)F. The summed E-state index contributed by atoms with van der Waals surface area (Å²) in [6, 6.07) is -2.15. The Hall–Kier alpha value is -2.06. The molecule has 1 aliphatic carbocycles. The molecule has 3 atom stereocenters. The van der Waals surface area contributed by atoms with Gasteiger partial charge >= 0.3 is 12.1 Å². The van der Waals surface area contributed by atoms with E-state index in [1.165, 1.54) is 25.6 Å². The van der Waals surface area contributed by atoms with Crippen LogP contribution < -0.4 is 5.32 Å². The van der Waals surface area contributed by atoms with E-state index < -0.39 is 35.9 Å². The number of hydrogen-bond acceptors (Lipinski definition) is 3. The van der Waals surface area contributed by atoms with Crippen LogP contribution >= 0.6 is 0 Å². The maximum Gasteiger partial charge on any atom is 0.413 e. The number of nitrogens with zero attached hydrogens (tertiary/aromatic N) is 2. The van der Waals surface area contributed by atoms with Crippen molar-refractivity contribution in [2.45, 2.75) is 45.3 Å². The molecule has 0 spiro atoms. The number of aliphatic carboxylic acids is 1. The van der Waals surface area contributed by atoms with Crippen LogP contribution in [0.4, 0.5) is 13.2 Å². The van der Waals surface area contributed by atoms with Gasteiger partial charge in [-0.1, -0.05) is 0 Å². The van der Waals surface area contributed by atoms with Crippen molar-refractivity contribution in [3.63, 3.8) is 0 Å². The summed E-state index contributed by atoms with van der Waals surface area (Å²) in [5, 5.41) is 15.0. The molecule has 1 saturated carbocycles. The first-order valence-electron chi connectivity index (χ1n) is 7.62. The lowest BCUT2D eigenvalue weighted by Crippen LogP contribution is -2.41. The Morgan fingerprint density at radius 2 is 1.88 bits per heavy atom.